The minimum atomic E-state index is 0.0696. The highest BCUT2D eigenvalue weighted by Gasteiger charge is 2.18. The number of aromatic nitrogens is 1. The van der Waals surface area contributed by atoms with Crippen LogP contribution in [0.1, 0.15) is 25.0 Å². The van der Waals surface area contributed by atoms with E-state index in [9.17, 15) is 4.79 Å². The molecule has 0 bridgehead atoms. The number of anilines is 1. The van der Waals surface area contributed by atoms with E-state index in [-0.39, 0.29) is 5.91 Å². The summed E-state index contributed by atoms with van der Waals surface area (Å²) in [4.78, 5) is 18.0. The van der Waals surface area contributed by atoms with Gasteiger partial charge in [0, 0.05) is 25.8 Å². The maximum Gasteiger partial charge on any atom is 0.239 e. The molecular formula is C15H24N4O. The lowest BCUT2D eigenvalue weighted by Crippen LogP contribution is -2.48. The van der Waals surface area contributed by atoms with Gasteiger partial charge >= 0.3 is 0 Å². The number of piperazine rings is 1. The number of hydrogen-bond acceptors (Lipinski definition) is 4. The molecule has 1 saturated heterocycles. The summed E-state index contributed by atoms with van der Waals surface area (Å²) in [7, 11) is 0. The van der Waals surface area contributed by atoms with Crippen LogP contribution in [0, 0.1) is 12.8 Å². The van der Waals surface area contributed by atoms with Gasteiger partial charge in [-0.1, -0.05) is 13.8 Å². The van der Waals surface area contributed by atoms with Crippen LogP contribution in [0.3, 0.4) is 0 Å². The fourth-order valence-electron chi connectivity index (χ4n) is 2.38. The molecule has 110 valence electrons. The molecule has 2 rings (SSSR count). The first-order valence-electron chi connectivity index (χ1n) is 7.24. The summed E-state index contributed by atoms with van der Waals surface area (Å²) in [5.74, 6) is 1.64. The first-order chi connectivity index (χ1) is 9.56. The van der Waals surface area contributed by atoms with Crippen molar-refractivity contribution in [1.82, 2.24) is 15.6 Å². The maximum atomic E-state index is 11.4. The van der Waals surface area contributed by atoms with Gasteiger partial charge in [0.25, 0.3) is 0 Å². The smallest absolute Gasteiger partial charge is 0.239 e. The molecule has 2 heterocycles. The van der Waals surface area contributed by atoms with E-state index in [0.717, 1.165) is 31.0 Å². The van der Waals surface area contributed by atoms with Crippen LogP contribution >= 0.6 is 0 Å². The number of pyridine rings is 1. The van der Waals surface area contributed by atoms with E-state index in [1.54, 1.807) is 0 Å². The van der Waals surface area contributed by atoms with Crippen molar-refractivity contribution in [2.45, 2.75) is 27.3 Å². The average molecular weight is 276 g/mol. The zero-order valence-electron chi connectivity index (χ0n) is 12.6. The molecule has 5 nitrogen and oxygen atoms in total. The third-order valence-electron chi connectivity index (χ3n) is 3.33. The average Bonchev–Trinajstić information content (AvgIpc) is 2.38. The second kappa shape index (κ2) is 6.70. The van der Waals surface area contributed by atoms with Crippen LogP contribution < -0.4 is 15.5 Å². The summed E-state index contributed by atoms with van der Waals surface area (Å²) in [6, 6.07) is 2.15. The third-order valence-corrected chi connectivity index (χ3v) is 3.33. The molecular weight excluding hydrogens is 252 g/mol. The van der Waals surface area contributed by atoms with Gasteiger partial charge in [0.1, 0.15) is 5.82 Å². The maximum absolute atomic E-state index is 11.4. The van der Waals surface area contributed by atoms with Gasteiger partial charge in [-0.05, 0) is 36.6 Å². The van der Waals surface area contributed by atoms with Crippen molar-refractivity contribution < 1.29 is 4.79 Å². The summed E-state index contributed by atoms with van der Waals surface area (Å²) in [6.45, 7) is 10.2. The molecule has 0 spiro atoms. The Morgan fingerprint density at radius 3 is 2.95 bits per heavy atom. The number of hydrogen-bond donors (Lipinski definition) is 2. The minimum absolute atomic E-state index is 0.0696. The Morgan fingerprint density at radius 1 is 1.50 bits per heavy atom. The molecule has 1 aliphatic heterocycles. The van der Waals surface area contributed by atoms with Gasteiger partial charge in [0.05, 0.1) is 6.54 Å². The SMILES string of the molecule is Cc1cc(CNCC(C)C)cnc1N1CCNC(=O)C1. The van der Waals surface area contributed by atoms with E-state index < -0.39 is 0 Å². The summed E-state index contributed by atoms with van der Waals surface area (Å²) < 4.78 is 0. The number of aryl methyl sites for hydroxylation is 1. The van der Waals surface area contributed by atoms with Crippen molar-refractivity contribution in [1.29, 1.82) is 0 Å². The van der Waals surface area contributed by atoms with E-state index >= 15 is 0 Å². The Bertz CT molecular complexity index is 473. The van der Waals surface area contributed by atoms with E-state index in [4.69, 9.17) is 0 Å². The normalized spacial score (nSPS) is 15.6. The van der Waals surface area contributed by atoms with Crippen LogP contribution in [0.5, 0.6) is 0 Å². The van der Waals surface area contributed by atoms with Crippen molar-refractivity contribution in [3.63, 3.8) is 0 Å². The van der Waals surface area contributed by atoms with E-state index in [2.05, 4.69) is 42.5 Å². The molecule has 0 unspecified atom stereocenters. The first-order valence-corrected chi connectivity index (χ1v) is 7.24. The lowest BCUT2D eigenvalue weighted by Gasteiger charge is -2.28. The van der Waals surface area contributed by atoms with Gasteiger partial charge in [-0.3, -0.25) is 4.79 Å². The summed E-state index contributed by atoms with van der Waals surface area (Å²) in [6.07, 6.45) is 1.90. The van der Waals surface area contributed by atoms with Gasteiger partial charge in [0.15, 0.2) is 0 Å². The van der Waals surface area contributed by atoms with Crippen molar-refractivity contribution in [2.75, 3.05) is 31.1 Å². The van der Waals surface area contributed by atoms with Gasteiger partial charge in [0.2, 0.25) is 5.91 Å². The molecule has 1 fully saturated rings. The molecule has 5 heteroatoms. The number of nitrogens with one attached hydrogen (secondary N) is 2. The highest BCUT2D eigenvalue weighted by Crippen LogP contribution is 2.18. The second-order valence-corrected chi connectivity index (χ2v) is 5.78. The zero-order chi connectivity index (χ0) is 14.5. The van der Waals surface area contributed by atoms with Gasteiger partial charge in [-0.15, -0.1) is 0 Å². The molecule has 0 radical (unpaired) electrons. The van der Waals surface area contributed by atoms with E-state index in [1.165, 1.54) is 5.56 Å². The first kappa shape index (κ1) is 14.8. The van der Waals surface area contributed by atoms with Crippen molar-refractivity contribution in [3.05, 3.63) is 23.4 Å². The standard InChI is InChI=1S/C15H24N4O/c1-11(2)7-16-8-13-6-12(3)15(18-9-13)19-5-4-17-14(20)10-19/h6,9,11,16H,4-5,7-8,10H2,1-3H3,(H,17,20). The lowest BCUT2D eigenvalue weighted by atomic mass is 10.1. The van der Waals surface area contributed by atoms with Crippen LogP contribution in [0.4, 0.5) is 5.82 Å². The molecule has 1 aliphatic rings. The fraction of sp³-hybridized carbons (Fsp3) is 0.600. The summed E-state index contributed by atoms with van der Waals surface area (Å²) in [5.41, 5.74) is 2.32. The Labute approximate surface area is 120 Å². The molecule has 20 heavy (non-hydrogen) atoms. The predicted molar refractivity (Wildman–Crippen MR) is 80.7 cm³/mol. The van der Waals surface area contributed by atoms with Gasteiger partial charge < -0.3 is 15.5 Å². The number of carbonyl (C=O) groups excluding carboxylic acids is 1. The second-order valence-electron chi connectivity index (χ2n) is 5.78. The summed E-state index contributed by atoms with van der Waals surface area (Å²) in [5, 5.41) is 6.25. The number of amides is 1. The van der Waals surface area contributed by atoms with Crippen LogP contribution in [-0.2, 0) is 11.3 Å². The molecule has 0 atom stereocenters. The fourth-order valence-corrected chi connectivity index (χ4v) is 2.38. The molecule has 1 aromatic heterocycles. The van der Waals surface area contributed by atoms with Crippen LogP contribution in [-0.4, -0.2) is 37.1 Å². The quantitative estimate of drug-likeness (QED) is 0.845. The lowest BCUT2D eigenvalue weighted by molar-refractivity contribution is -0.120. The van der Waals surface area contributed by atoms with Crippen molar-refractivity contribution in [3.8, 4) is 0 Å². The van der Waals surface area contributed by atoms with Gasteiger partial charge in [-0.25, -0.2) is 4.98 Å². The highest BCUT2D eigenvalue weighted by molar-refractivity contribution is 5.82. The monoisotopic (exact) mass is 276 g/mol. The number of carbonyl (C=O) groups is 1. The Morgan fingerprint density at radius 2 is 2.30 bits per heavy atom. The molecule has 0 saturated carbocycles. The van der Waals surface area contributed by atoms with Crippen molar-refractivity contribution in [2.24, 2.45) is 5.92 Å². The number of rotatable bonds is 5. The highest BCUT2D eigenvalue weighted by atomic mass is 16.2. The Kier molecular flexibility index (Phi) is 4.95. The molecule has 0 aliphatic carbocycles. The Hall–Kier alpha value is -1.62. The summed E-state index contributed by atoms with van der Waals surface area (Å²) >= 11 is 0. The molecule has 1 aromatic rings. The predicted octanol–water partition coefficient (Wildman–Crippen LogP) is 1.07. The minimum Gasteiger partial charge on any atom is -0.353 e. The largest absolute Gasteiger partial charge is 0.353 e. The van der Waals surface area contributed by atoms with Crippen LogP contribution in [0.15, 0.2) is 12.3 Å². The molecule has 2 N–H and O–H groups in total. The van der Waals surface area contributed by atoms with E-state index in [0.29, 0.717) is 19.0 Å². The molecule has 0 aromatic carbocycles. The van der Waals surface area contributed by atoms with Gasteiger partial charge in [-0.2, -0.15) is 0 Å². The Balaban J connectivity index is 2.00. The third kappa shape index (κ3) is 3.93. The topological polar surface area (TPSA) is 57.3 Å². The van der Waals surface area contributed by atoms with Crippen LogP contribution in [0.2, 0.25) is 0 Å². The zero-order valence-corrected chi connectivity index (χ0v) is 12.6. The van der Waals surface area contributed by atoms with E-state index in [1.807, 2.05) is 11.1 Å². The molecule has 1 amide bonds. The van der Waals surface area contributed by atoms with Crippen molar-refractivity contribution >= 4 is 11.7 Å². The number of nitrogens with zero attached hydrogens (tertiary/aromatic N) is 2. The van der Waals surface area contributed by atoms with Crippen LogP contribution in [0.25, 0.3) is 0 Å².